The number of phenolic OH excluding ortho intramolecular Hbond substituents is 1. The SMILES string of the molecule is COC(=O)c1cc(C2(N)CCC(F)(F)CC2)ccc1O. The van der Waals surface area contributed by atoms with Gasteiger partial charge >= 0.3 is 5.97 Å². The van der Waals surface area contributed by atoms with E-state index in [9.17, 15) is 18.7 Å². The summed E-state index contributed by atoms with van der Waals surface area (Å²) in [6, 6.07) is 4.32. The van der Waals surface area contributed by atoms with Crippen molar-refractivity contribution < 1.29 is 23.4 Å². The first-order valence-electron chi connectivity index (χ1n) is 6.36. The van der Waals surface area contributed by atoms with Crippen LogP contribution in [0.25, 0.3) is 0 Å². The van der Waals surface area contributed by atoms with Gasteiger partial charge in [-0.25, -0.2) is 13.6 Å². The molecule has 4 nitrogen and oxygen atoms in total. The summed E-state index contributed by atoms with van der Waals surface area (Å²) in [7, 11) is 1.20. The van der Waals surface area contributed by atoms with Gasteiger partial charge in [0.05, 0.1) is 7.11 Å². The number of carbonyl (C=O) groups is 1. The second-order valence-electron chi connectivity index (χ2n) is 5.24. The highest BCUT2D eigenvalue weighted by Gasteiger charge is 2.42. The number of carbonyl (C=O) groups excluding carboxylic acids is 1. The maximum Gasteiger partial charge on any atom is 0.341 e. The summed E-state index contributed by atoms with van der Waals surface area (Å²) in [5.41, 5.74) is 5.84. The van der Waals surface area contributed by atoms with Crippen molar-refractivity contribution in [3.8, 4) is 5.75 Å². The van der Waals surface area contributed by atoms with Crippen LogP contribution in [0.4, 0.5) is 8.78 Å². The number of phenols is 1. The molecule has 2 rings (SSSR count). The second kappa shape index (κ2) is 5.01. The smallest absolute Gasteiger partial charge is 0.341 e. The number of hydrogen-bond acceptors (Lipinski definition) is 4. The number of nitrogens with two attached hydrogens (primary N) is 1. The van der Waals surface area contributed by atoms with E-state index in [1.54, 1.807) is 6.07 Å². The standard InChI is InChI=1S/C14H17F2NO3/c1-20-12(19)10-8-9(2-3-11(10)18)13(17)4-6-14(15,16)7-5-13/h2-3,8,18H,4-7,17H2,1H3. The minimum absolute atomic E-state index is 0.00726. The van der Waals surface area contributed by atoms with Gasteiger partial charge in [-0.05, 0) is 30.5 Å². The van der Waals surface area contributed by atoms with Crippen LogP contribution in [0.1, 0.15) is 41.6 Å². The molecule has 0 aromatic heterocycles. The van der Waals surface area contributed by atoms with Crippen LogP contribution in [0.15, 0.2) is 18.2 Å². The number of esters is 1. The van der Waals surface area contributed by atoms with E-state index in [0.29, 0.717) is 5.56 Å². The average Bonchev–Trinajstić information content (AvgIpc) is 2.42. The van der Waals surface area contributed by atoms with Crippen LogP contribution in [-0.4, -0.2) is 24.1 Å². The highest BCUT2D eigenvalue weighted by Crippen LogP contribution is 2.42. The van der Waals surface area contributed by atoms with E-state index in [1.165, 1.54) is 19.2 Å². The van der Waals surface area contributed by atoms with Gasteiger partial charge in [0.2, 0.25) is 5.92 Å². The molecule has 0 aliphatic heterocycles. The average molecular weight is 285 g/mol. The Morgan fingerprint density at radius 1 is 1.30 bits per heavy atom. The minimum atomic E-state index is -2.68. The number of aromatic hydroxyl groups is 1. The summed E-state index contributed by atoms with van der Waals surface area (Å²) in [6.07, 6.45) is -0.299. The Morgan fingerprint density at radius 3 is 2.45 bits per heavy atom. The molecule has 1 aromatic rings. The molecule has 3 N–H and O–H groups in total. The molecular weight excluding hydrogens is 268 g/mol. The lowest BCUT2D eigenvalue weighted by molar-refractivity contribution is -0.0514. The van der Waals surface area contributed by atoms with Gasteiger partial charge in [0.25, 0.3) is 0 Å². The zero-order valence-corrected chi connectivity index (χ0v) is 11.2. The predicted molar refractivity (Wildman–Crippen MR) is 68.7 cm³/mol. The fourth-order valence-corrected chi connectivity index (χ4v) is 2.47. The Balaban J connectivity index is 2.31. The highest BCUT2D eigenvalue weighted by atomic mass is 19.3. The van der Waals surface area contributed by atoms with Crippen LogP contribution in [0.3, 0.4) is 0 Å². The van der Waals surface area contributed by atoms with Crippen molar-refractivity contribution in [1.29, 1.82) is 0 Å². The van der Waals surface area contributed by atoms with Gasteiger partial charge in [-0.2, -0.15) is 0 Å². The molecule has 6 heteroatoms. The molecule has 0 unspecified atom stereocenters. The molecule has 0 atom stereocenters. The molecular formula is C14H17F2NO3. The molecule has 1 aromatic carbocycles. The maximum absolute atomic E-state index is 13.2. The van der Waals surface area contributed by atoms with E-state index >= 15 is 0 Å². The number of methoxy groups -OCH3 is 1. The van der Waals surface area contributed by atoms with Gasteiger partial charge < -0.3 is 15.6 Å². The zero-order chi connectivity index (χ0) is 15.0. The lowest BCUT2D eigenvalue weighted by atomic mass is 9.75. The highest BCUT2D eigenvalue weighted by molar-refractivity contribution is 5.92. The first-order valence-corrected chi connectivity index (χ1v) is 6.36. The number of ether oxygens (including phenoxy) is 1. The van der Waals surface area contributed by atoms with Crippen molar-refractivity contribution in [1.82, 2.24) is 0 Å². The van der Waals surface area contributed by atoms with Gasteiger partial charge in [-0.3, -0.25) is 0 Å². The number of hydrogen-bond donors (Lipinski definition) is 2. The fraction of sp³-hybridized carbons (Fsp3) is 0.500. The summed E-state index contributed by atoms with van der Waals surface area (Å²) in [4.78, 5) is 11.5. The molecule has 0 heterocycles. The van der Waals surface area contributed by atoms with Crippen molar-refractivity contribution in [2.24, 2.45) is 5.73 Å². The quantitative estimate of drug-likeness (QED) is 0.819. The fourth-order valence-electron chi connectivity index (χ4n) is 2.47. The summed E-state index contributed by atoms with van der Waals surface area (Å²) >= 11 is 0. The Bertz CT molecular complexity index is 521. The van der Waals surface area contributed by atoms with E-state index in [2.05, 4.69) is 4.74 Å². The van der Waals surface area contributed by atoms with E-state index < -0.39 is 17.4 Å². The first kappa shape index (κ1) is 14.7. The lowest BCUT2D eigenvalue weighted by Gasteiger charge is -2.37. The van der Waals surface area contributed by atoms with Crippen LogP contribution in [-0.2, 0) is 10.3 Å². The number of halogens is 2. The van der Waals surface area contributed by atoms with Gasteiger partial charge in [-0.15, -0.1) is 0 Å². The molecule has 0 amide bonds. The molecule has 0 spiro atoms. The monoisotopic (exact) mass is 285 g/mol. The lowest BCUT2D eigenvalue weighted by Crippen LogP contribution is -2.43. The van der Waals surface area contributed by atoms with Crippen LogP contribution in [0.5, 0.6) is 5.75 Å². The molecule has 0 radical (unpaired) electrons. The van der Waals surface area contributed by atoms with Crippen LogP contribution < -0.4 is 5.73 Å². The Labute approximate surface area is 115 Å². The number of benzene rings is 1. The molecule has 1 saturated carbocycles. The molecule has 20 heavy (non-hydrogen) atoms. The third-order valence-electron chi connectivity index (χ3n) is 3.85. The molecule has 1 aliphatic carbocycles. The maximum atomic E-state index is 13.2. The first-order chi connectivity index (χ1) is 9.27. The third-order valence-corrected chi connectivity index (χ3v) is 3.85. The van der Waals surface area contributed by atoms with Crippen molar-refractivity contribution in [3.63, 3.8) is 0 Å². The minimum Gasteiger partial charge on any atom is -0.507 e. The largest absolute Gasteiger partial charge is 0.507 e. The molecule has 0 saturated heterocycles. The van der Waals surface area contributed by atoms with Gasteiger partial charge in [0, 0.05) is 18.4 Å². The molecule has 0 bridgehead atoms. The van der Waals surface area contributed by atoms with E-state index in [4.69, 9.17) is 5.73 Å². The van der Waals surface area contributed by atoms with Crippen LogP contribution in [0.2, 0.25) is 0 Å². The molecule has 1 fully saturated rings. The summed E-state index contributed by atoms with van der Waals surface area (Å²) < 4.78 is 31.0. The van der Waals surface area contributed by atoms with Crippen molar-refractivity contribution in [2.75, 3.05) is 7.11 Å². The summed E-state index contributed by atoms with van der Waals surface area (Å²) in [5, 5.41) is 9.64. The predicted octanol–water partition coefficient (Wildman–Crippen LogP) is 2.54. The number of alkyl halides is 2. The third kappa shape index (κ3) is 2.75. The van der Waals surface area contributed by atoms with E-state index in [1.807, 2.05) is 0 Å². The molecule has 110 valence electrons. The summed E-state index contributed by atoms with van der Waals surface area (Å²) in [6.45, 7) is 0. The van der Waals surface area contributed by atoms with Gasteiger partial charge in [-0.1, -0.05) is 6.07 Å². The second-order valence-corrected chi connectivity index (χ2v) is 5.24. The van der Waals surface area contributed by atoms with Crippen LogP contribution in [0, 0.1) is 0 Å². The van der Waals surface area contributed by atoms with Crippen LogP contribution >= 0.6 is 0 Å². The molecule has 1 aliphatic rings. The van der Waals surface area contributed by atoms with Crippen molar-refractivity contribution >= 4 is 5.97 Å². The Morgan fingerprint density at radius 2 is 1.90 bits per heavy atom. The Kier molecular flexibility index (Phi) is 3.69. The summed E-state index contributed by atoms with van der Waals surface area (Å²) in [5.74, 6) is -3.58. The topological polar surface area (TPSA) is 72.5 Å². The number of rotatable bonds is 2. The van der Waals surface area contributed by atoms with E-state index in [-0.39, 0.29) is 37.0 Å². The normalized spacial score (nSPS) is 20.4. The van der Waals surface area contributed by atoms with Crippen molar-refractivity contribution in [3.05, 3.63) is 29.3 Å². The zero-order valence-electron chi connectivity index (χ0n) is 11.2. The Hall–Kier alpha value is -1.69. The van der Waals surface area contributed by atoms with Gasteiger partial charge in [0.1, 0.15) is 11.3 Å². The van der Waals surface area contributed by atoms with Crippen molar-refractivity contribution in [2.45, 2.75) is 37.1 Å². The van der Waals surface area contributed by atoms with E-state index in [0.717, 1.165) is 0 Å². The van der Waals surface area contributed by atoms with Gasteiger partial charge in [0.15, 0.2) is 0 Å².